The Bertz CT molecular complexity index is 564. The summed E-state index contributed by atoms with van der Waals surface area (Å²) in [5, 5.41) is 4.61. The summed E-state index contributed by atoms with van der Waals surface area (Å²) in [4.78, 5) is 4.56. The third-order valence-electron chi connectivity index (χ3n) is 4.14. The molecule has 2 unspecified atom stereocenters. The summed E-state index contributed by atoms with van der Waals surface area (Å²) < 4.78 is 5.86. The normalized spacial score (nSPS) is 20.9. The molecule has 3 rings (SSSR count). The van der Waals surface area contributed by atoms with E-state index in [2.05, 4.69) is 34.6 Å². The molecule has 0 aliphatic carbocycles. The monoisotopic (exact) mass is 270 g/mol. The second kappa shape index (κ2) is 6.33. The number of aromatic nitrogens is 1. The molecule has 1 fully saturated rings. The predicted octanol–water partition coefficient (Wildman–Crippen LogP) is 3.45. The van der Waals surface area contributed by atoms with Crippen LogP contribution in [-0.2, 0) is 4.74 Å². The average Bonchev–Trinajstić information content (AvgIpc) is 2.53. The van der Waals surface area contributed by atoms with Crippen molar-refractivity contribution in [1.29, 1.82) is 0 Å². The lowest BCUT2D eigenvalue weighted by molar-refractivity contribution is 0.00547. The van der Waals surface area contributed by atoms with E-state index in [4.69, 9.17) is 4.74 Å². The molecule has 0 amide bonds. The van der Waals surface area contributed by atoms with Crippen molar-refractivity contribution in [3.05, 3.63) is 42.1 Å². The first-order valence-corrected chi connectivity index (χ1v) is 7.50. The Kier molecular flexibility index (Phi) is 4.28. The molecular formula is C17H22N2O. The van der Waals surface area contributed by atoms with Crippen molar-refractivity contribution in [1.82, 2.24) is 10.3 Å². The highest BCUT2D eigenvalue weighted by Crippen LogP contribution is 2.26. The number of hydrogen-bond donors (Lipinski definition) is 1. The maximum atomic E-state index is 5.86. The van der Waals surface area contributed by atoms with Crippen LogP contribution in [0.2, 0.25) is 0 Å². The summed E-state index contributed by atoms with van der Waals surface area (Å²) in [7, 11) is 2.02. The Morgan fingerprint density at radius 3 is 3.05 bits per heavy atom. The van der Waals surface area contributed by atoms with Gasteiger partial charge in [0.25, 0.3) is 0 Å². The molecule has 0 saturated carbocycles. The lowest BCUT2D eigenvalue weighted by Gasteiger charge is -2.27. The Hall–Kier alpha value is -1.45. The predicted molar refractivity (Wildman–Crippen MR) is 81.8 cm³/mol. The van der Waals surface area contributed by atoms with Crippen molar-refractivity contribution in [2.45, 2.75) is 37.8 Å². The number of hydrogen-bond acceptors (Lipinski definition) is 3. The first-order chi connectivity index (χ1) is 9.86. The Morgan fingerprint density at radius 1 is 1.35 bits per heavy atom. The number of rotatable bonds is 4. The van der Waals surface area contributed by atoms with E-state index >= 15 is 0 Å². The van der Waals surface area contributed by atoms with Gasteiger partial charge in [-0.2, -0.15) is 0 Å². The highest BCUT2D eigenvalue weighted by Gasteiger charge is 2.20. The number of fused-ring (bicyclic) bond motifs is 1. The van der Waals surface area contributed by atoms with Gasteiger partial charge in [-0.05, 0) is 50.4 Å². The molecule has 0 radical (unpaired) electrons. The lowest BCUT2D eigenvalue weighted by atomic mass is 9.97. The number of nitrogens with one attached hydrogen (secondary N) is 1. The SMILES string of the molecule is CNC(CC1CCCCO1)c1cnc2ccccc2c1. The van der Waals surface area contributed by atoms with Crippen molar-refractivity contribution < 1.29 is 4.74 Å². The van der Waals surface area contributed by atoms with Gasteiger partial charge in [0.1, 0.15) is 0 Å². The van der Waals surface area contributed by atoms with Gasteiger partial charge in [0.2, 0.25) is 0 Å². The molecule has 1 aromatic carbocycles. The minimum absolute atomic E-state index is 0.315. The molecule has 2 aromatic rings. The zero-order chi connectivity index (χ0) is 13.8. The van der Waals surface area contributed by atoms with E-state index in [1.54, 1.807) is 0 Å². The summed E-state index contributed by atoms with van der Waals surface area (Å²) in [5.74, 6) is 0. The van der Waals surface area contributed by atoms with Crippen molar-refractivity contribution in [3.63, 3.8) is 0 Å². The van der Waals surface area contributed by atoms with Crippen LogP contribution in [0.4, 0.5) is 0 Å². The Morgan fingerprint density at radius 2 is 2.25 bits per heavy atom. The van der Waals surface area contributed by atoms with Crippen LogP contribution in [0.25, 0.3) is 10.9 Å². The van der Waals surface area contributed by atoms with E-state index in [0.29, 0.717) is 12.1 Å². The van der Waals surface area contributed by atoms with Gasteiger partial charge in [-0.1, -0.05) is 18.2 Å². The van der Waals surface area contributed by atoms with Gasteiger partial charge in [0, 0.05) is 24.2 Å². The summed E-state index contributed by atoms with van der Waals surface area (Å²) in [6.45, 7) is 0.914. The number of para-hydroxylation sites is 1. The zero-order valence-corrected chi connectivity index (χ0v) is 12.0. The van der Waals surface area contributed by atoms with E-state index in [0.717, 1.165) is 18.5 Å². The Balaban J connectivity index is 1.79. The van der Waals surface area contributed by atoms with E-state index in [1.165, 1.54) is 30.2 Å². The van der Waals surface area contributed by atoms with Gasteiger partial charge in [-0.25, -0.2) is 0 Å². The topological polar surface area (TPSA) is 34.1 Å². The minimum atomic E-state index is 0.315. The third-order valence-corrected chi connectivity index (χ3v) is 4.14. The Labute approximate surface area is 120 Å². The fourth-order valence-electron chi connectivity index (χ4n) is 2.96. The van der Waals surface area contributed by atoms with Gasteiger partial charge in [0.15, 0.2) is 0 Å². The zero-order valence-electron chi connectivity index (χ0n) is 12.0. The standard InChI is InChI=1S/C17H22N2O/c1-18-17(11-15-7-4-5-9-20-15)14-10-13-6-2-3-8-16(13)19-12-14/h2-3,6,8,10,12,15,17-18H,4-5,7,9,11H2,1H3. The highest BCUT2D eigenvalue weighted by molar-refractivity contribution is 5.78. The van der Waals surface area contributed by atoms with Gasteiger partial charge < -0.3 is 10.1 Å². The first-order valence-electron chi connectivity index (χ1n) is 7.50. The maximum absolute atomic E-state index is 5.86. The van der Waals surface area contributed by atoms with Crippen molar-refractivity contribution in [2.24, 2.45) is 0 Å². The van der Waals surface area contributed by atoms with Crippen LogP contribution in [0.5, 0.6) is 0 Å². The molecule has 20 heavy (non-hydrogen) atoms. The molecule has 106 valence electrons. The van der Waals surface area contributed by atoms with Crippen molar-refractivity contribution in [2.75, 3.05) is 13.7 Å². The minimum Gasteiger partial charge on any atom is -0.378 e. The second-order valence-electron chi connectivity index (χ2n) is 5.53. The van der Waals surface area contributed by atoms with Gasteiger partial charge in [-0.15, -0.1) is 0 Å². The largest absolute Gasteiger partial charge is 0.378 e. The third kappa shape index (κ3) is 3.00. The fraction of sp³-hybridized carbons (Fsp3) is 0.471. The van der Waals surface area contributed by atoms with Crippen LogP contribution in [0.15, 0.2) is 36.5 Å². The summed E-state index contributed by atoms with van der Waals surface area (Å²) in [6, 6.07) is 10.8. The fourth-order valence-corrected chi connectivity index (χ4v) is 2.96. The lowest BCUT2D eigenvalue weighted by Crippen LogP contribution is -2.27. The summed E-state index contributed by atoms with van der Waals surface area (Å²) in [5.41, 5.74) is 2.31. The van der Waals surface area contributed by atoms with Crippen LogP contribution in [0, 0.1) is 0 Å². The van der Waals surface area contributed by atoms with Gasteiger partial charge in [-0.3, -0.25) is 4.98 Å². The van der Waals surface area contributed by atoms with E-state index < -0.39 is 0 Å². The number of nitrogens with zero attached hydrogens (tertiary/aromatic N) is 1. The molecule has 1 saturated heterocycles. The van der Waals surface area contributed by atoms with E-state index in [1.807, 2.05) is 19.3 Å². The maximum Gasteiger partial charge on any atom is 0.0702 e. The second-order valence-corrected chi connectivity index (χ2v) is 5.53. The molecular weight excluding hydrogens is 248 g/mol. The van der Waals surface area contributed by atoms with Crippen LogP contribution in [0.3, 0.4) is 0 Å². The number of pyridine rings is 1. The molecule has 0 spiro atoms. The average molecular weight is 270 g/mol. The molecule has 2 heterocycles. The van der Waals surface area contributed by atoms with E-state index in [9.17, 15) is 0 Å². The molecule has 3 nitrogen and oxygen atoms in total. The number of benzene rings is 1. The van der Waals surface area contributed by atoms with Crippen molar-refractivity contribution >= 4 is 10.9 Å². The molecule has 1 aliphatic rings. The van der Waals surface area contributed by atoms with E-state index in [-0.39, 0.29) is 0 Å². The molecule has 1 aromatic heterocycles. The van der Waals surface area contributed by atoms with Crippen LogP contribution >= 0.6 is 0 Å². The molecule has 0 bridgehead atoms. The molecule has 1 aliphatic heterocycles. The highest BCUT2D eigenvalue weighted by atomic mass is 16.5. The first kappa shape index (κ1) is 13.5. The summed E-state index contributed by atoms with van der Waals surface area (Å²) in [6.07, 6.45) is 7.07. The van der Waals surface area contributed by atoms with Gasteiger partial charge >= 0.3 is 0 Å². The summed E-state index contributed by atoms with van der Waals surface area (Å²) >= 11 is 0. The van der Waals surface area contributed by atoms with Crippen molar-refractivity contribution in [3.8, 4) is 0 Å². The molecule has 2 atom stereocenters. The quantitative estimate of drug-likeness (QED) is 0.924. The molecule has 3 heteroatoms. The van der Waals surface area contributed by atoms with Crippen LogP contribution in [-0.4, -0.2) is 24.7 Å². The number of ether oxygens (including phenoxy) is 1. The van der Waals surface area contributed by atoms with Crippen LogP contribution in [0.1, 0.15) is 37.3 Å². The van der Waals surface area contributed by atoms with Crippen LogP contribution < -0.4 is 5.32 Å². The molecule has 1 N–H and O–H groups in total. The van der Waals surface area contributed by atoms with Gasteiger partial charge in [0.05, 0.1) is 11.6 Å². The smallest absolute Gasteiger partial charge is 0.0702 e.